The third-order valence-corrected chi connectivity index (χ3v) is 5.22. The van der Waals surface area contributed by atoms with Crippen molar-refractivity contribution in [3.63, 3.8) is 0 Å². The number of phenolic OH excluding ortho intramolecular Hbond substituents is 2. The Morgan fingerprint density at radius 2 is 0.969 bits per heavy atom. The van der Waals surface area contributed by atoms with E-state index in [2.05, 4.69) is 0 Å². The SMILES string of the molecule is Cc1cc(Cc2cc(C)cc(-c3ccccc3)c2O)c(O)c(-c2ccccc2)c1.[Cl][Ti][Cl]. The van der Waals surface area contributed by atoms with Gasteiger partial charge < -0.3 is 10.2 Å². The molecule has 2 nitrogen and oxygen atoms in total. The van der Waals surface area contributed by atoms with Crippen molar-refractivity contribution >= 4 is 18.6 Å². The molecule has 0 aliphatic rings. The van der Waals surface area contributed by atoms with Crippen LogP contribution in [0.2, 0.25) is 0 Å². The maximum atomic E-state index is 11.0. The van der Waals surface area contributed by atoms with Crippen LogP contribution in [0, 0.1) is 13.8 Å². The molecular weight excluding hydrogens is 475 g/mol. The minimum atomic E-state index is -0.556. The molecule has 4 aromatic carbocycles. The molecule has 0 amide bonds. The second kappa shape index (κ2) is 11.6. The first-order valence-electron chi connectivity index (χ1n) is 10.2. The molecule has 32 heavy (non-hydrogen) atoms. The first-order chi connectivity index (χ1) is 15.4. The van der Waals surface area contributed by atoms with Crippen molar-refractivity contribution in [2.45, 2.75) is 20.3 Å². The van der Waals surface area contributed by atoms with Crippen molar-refractivity contribution < 1.29 is 27.2 Å². The zero-order valence-corrected chi connectivity index (χ0v) is 21.0. The van der Waals surface area contributed by atoms with Crippen molar-refractivity contribution in [3.05, 3.63) is 107 Å². The normalized spacial score (nSPS) is 10.2. The van der Waals surface area contributed by atoms with Crippen LogP contribution in [0.3, 0.4) is 0 Å². The summed E-state index contributed by atoms with van der Waals surface area (Å²) in [5, 5.41) is 22.0. The molecule has 0 aliphatic carbocycles. The first kappa shape index (κ1) is 24.4. The summed E-state index contributed by atoms with van der Waals surface area (Å²) in [6.07, 6.45) is 0.459. The molecule has 0 unspecified atom stereocenters. The Morgan fingerprint density at radius 3 is 1.31 bits per heavy atom. The van der Waals surface area contributed by atoms with Gasteiger partial charge in [0.15, 0.2) is 0 Å². The number of phenols is 2. The number of aromatic hydroxyl groups is 2. The summed E-state index contributed by atoms with van der Waals surface area (Å²) < 4.78 is 0. The standard InChI is InChI=1S/C27H24O2.2ClH.Ti/c1-18-13-22(26(28)24(15-18)20-9-5-3-6-10-20)17-23-14-19(2)16-25(27(23)29)21-11-7-4-8-12-21;;;/h3-16,28-29H,17H2,1-2H3;2*1H;/q;;;+2/p-2. The Kier molecular flexibility index (Phi) is 8.84. The predicted octanol–water partition coefficient (Wildman–Crippen LogP) is 8.02. The van der Waals surface area contributed by atoms with Crippen molar-refractivity contribution in [2.24, 2.45) is 0 Å². The van der Waals surface area contributed by atoms with Gasteiger partial charge in [0.25, 0.3) is 0 Å². The summed E-state index contributed by atoms with van der Waals surface area (Å²) in [6, 6.07) is 27.8. The molecule has 0 saturated carbocycles. The van der Waals surface area contributed by atoms with E-state index in [1.807, 2.05) is 98.8 Å². The van der Waals surface area contributed by atoms with Gasteiger partial charge in [-0.1, -0.05) is 72.8 Å². The molecule has 0 saturated heterocycles. The zero-order chi connectivity index (χ0) is 23.1. The van der Waals surface area contributed by atoms with E-state index in [1.165, 1.54) is 0 Å². The molecule has 0 fully saturated rings. The molecule has 0 heterocycles. The average molecular weight is 499 g/mol. The fourth-order valence-electron chi connectivity index (χ4n) is 3.86. The van der Waals surface area contributed by atoms with Gasteiger partial charge in [0.2, 0.25) is 0 Å². The van der Waals surface area contributed by atoms with E-state index in [4.69, 9.17) is 18.6 Å². The maximum absolute atomic E-state index is 11.0. The Hall–Kier alpha value is -2.23. The number of rotatable bonds is 4. The molecule has 0 atom stereocenters. The Labute approximate surface area is 206 Å². The molecule has 0 aromatic heterocycles. The van der Waals surface area contributed by atoms with Crippen molar-refractivity contribution in [1.29, 1.82) is 0 Å². The fraction of sp³-hybridized carbons (Fsp3) is 0.111. The van der Waals surface area contributed by atoms with Gasteiger partial charge in [-0.05, 0) is 59.4 Å². The van der Waals surface area contributed by atoms with Crippen LogP contribution in [-0.4, -0.2) is 10.2 Å². The molecule has 0 spiro atoms. The number of hydrogen-bond acceptors (Lipinski definition) is 2. The Morgan fingerprint density at radius 1 is 0.625 bits per heavy atom. The van der Waals surface area contributed by atoms with Crippen molar-refractivity contribution in [3.8, 4) is 33.8 Å². The molecule has 5 heteroatoms. The van der Waals surface area contributed by atoms with Crippen LogP contribution in [0.5, 0.6) is 11.5 Å². The first-order valence-corrected chi connectivity index (χ1v) is 14.5. The molecule has 4 rings (SSSR count). The average Bonchev–Trinajstić information content (AvgIpc) is 2.80. The van der Waals surface area contributed by atoms with Crippen LogP contribution in [0.15, 0.2) is 84.9 Å². The molecule has 4 aromatic rings. The molecular formula is C27H24Cl2O2Ti. The number of halogens is 2. The molecule has 0 radical (unpaired) electrons. The quantitative estimate of drug-likeness (QED) is 0.279. The summed E-state index contributed by atoms with van der Waals surface area (Å²) in [5.41, 5.74) is 7.36. The Balaban J connectivity index is 0.000000913. The van der Waals surface area contributed by atoms with Gasteiger partial charge in [-0.3, -0.25) is 0 Å². The fourth-order valence-corrected chi connectivity index (χ4v) is 3.86. The van der Waals surface area contributed by atoms with Gasteiger partial charge in [-0.2, -0.15) is 0 Å². The predicted molar refractivity (Wildman–Crippen MR) is 131 cm³/mol. The molecule has 0 aliphatic heterocycles. The van der Waals surface area contributed by atoms with E-state index < -0.39 is 17.0 Å². The van der Waals surface area contributed by atoms with E-state index in [9.17, 15) is 10.2 Å². The van der Waals surface area contributed by atoms with Crippen LogP contribution in [0.1, 0.15) is 22.3 Å². The van der Waals surface area contributed by atoms with Gasteiger partial charge in [0, 0.05) is 17.5 Å². The monoisotopic (exact) mass is 498 g/mol. The summed E-state index contributed by atoms with van der Waals surface area (Å²) >= 11 is -0.556. The second-order valence-corrected chi connectivity index (χ2v) is 10.2. The third-order valence-electron chi connectivity index (χ3n) is 5.22. The summed E-state index contributed by atoms with van der Waals surface area (Å²) in [6.45, 7) is 4.06. The van der Waals surface area contributed by atoms with Gasteiger partial charge in [-0.15, -0.1) is 0 Å². The summed E-state index contributed by atoms with van der Waals surface area (Å²) in [7, 11) is 9.78. The van der Waals surface area contributed by atoms with E-state index in [-0.39, 0.29) is 11.5 Å². The molecule has 162 valence electrons. The third kappa shape index (κ3) is 5.96. The number of hydrogen-bond donors (Lipinski definition) is 2. The van der Waals surface area contributed by atoms with E-state index in [0.717, 1.165) is 44.5 Å². The second-order valence-electron chi connectivity index (χ2n) is 7.62. The molecule has 2 N–H and O–H groups in total. The summed E-state index contributed by atoms with van der Waals surface area (Å²) in [4.78, 5) is 0. The van der Waals surface area contributed by atoms with Crippen molar-refractivity contribution in [2.75, 3.05) is 0 Å². The topological polar surface area (TPSA) is 40.5 Å². The van der Waals surface area contributed by atoms with Gasteiger partial charge >= 0.3 is 35.6 Å². The van der Waals surface area contributed by atoms with Gasteiger partial charge in [-0.25, -0.2) is 0 Å². The van der Waals surface area contributed by atoms with Crippen molar-refractivity contribution in [1.82, 2.24) is 0 Å². The zero-order valence-electron chi connectivity index (χ0n) is 17.9. The Bertz CT molecular complexity index is 1090. The van der Waals surface area contributed by atoms with E-state index in [0.29, 0.717) is 6.42 Å². The van der Waals surface area contributed by atoms with Crippen LogP contribution in [0.25, 0.3) is 22.3 Å². The van der Waals surface area contributed by atoms with Crippen LogP contribution in [-0.2, 0) is 23.5 Å². The van der Waals surface area contributed by atoms with Gasteiger partial charge in [0.1, 0.15) is 11.5 Å². The number of aryl methyl sites for hydroxylation is 2. The summed E-state index contributed by atoms with van der Waals surface area (Å²) in [5.74, 6) is 0.535. The van der Waals surface area contributed by atoms with Crippen LogP contribution in [0.4, 0.5) is 0 Å². The van der Waals surface area contributed by atoms with Crippen LogP contribution < -0.4 is 0 Å². The van der Waals surface area contributed by atoms with Gasteiger partial charge in [0.05, 0.1) is 0 Å². The number of benzene rings is 4. The van der Waals surface area contributed by atoms with E-state index >= 15 is 0 Å². The van der Waals surface area contributed by atoms with Crippen LogP contribution >= 0.6 is 18.6 Å². The molecule has 0 bridgehead atoms. The minimum absolute atomic E-state index is 0.268. The van der Waals surface area contributed by atoms with E-state index in [1.54, 1.807) is 0 Å².